The molecule has 0 aliphatic rings. The molecular formula is C15H22N2O4. The van der Waals surface area contributed by atoms with E-state index >= 15 is 0 Å². The fourth-order valence-electron chi connectivity index (χ4n) is 1.51. The highest BCUT2D eigenvalue weighted by Crippen LogP contribution is 2.18. The second kappa shape index (κ2) is 8.14. The van der Waals surface area contributed by atoms with Crippen LogP contribution >= 0.6 is 0 Å². The number of carboxylic acids is 1. The monoisotopic (exact) mass is 294 g/mol. The largest absolute Gasteiger partial charge is 0.493 e. The summed E-state index contributed by atoms with van der Waals surface area (Å²) in [7, 11) is 1.55. The van der Waals surface area contributed by atoms with Crippen molar-refractivity contribution in [3.8, 4) is 5.75 Å². The lowest BCUT2D eigenvalue weighted by Crippen LogP contribution is -2.33. The molecule has 0 atom stereocenters. The molecule has 0 saturated heterocycles. The Balaban J connectivity index is 2.55. The van der Waals surface area contributed by atoms with E-state index in [-0.39, 0.29) is 19.0 Å². The Morgan fingerprint density at radius 2 is 2.10 bits per heavy atom. The number of ether oxygens (including phenoxy) is 1. The van der Waals surface area contributed by atoms with Gasteiger partial charge in [-0.25, -0.2) is 4.79 Å². The highest BCUT2D eigenvalue weighted by molar-refractivity contribution is 5.89. The number of urea groups is 1. The van der Waals surface area contributed by atoms with Crippen molar-refractivity contribution in [1.82, 2.24) is 4.90 Å². The maximum atomic E-state index is 11.9. The van der Waals surface area contributed by atoms with Crippen LogP contribution in [-0.2, 0) is 4.79 Å². The van der Waals surface area contributed by atoms with Crippen LogP contribution in [0.4, 0.5) is 10.5 Å². The van der Waals surface area contributed by atoms with Crippen molar-refractivity contribution in [1.29, 1.82) is 0 Å². The van der Waals surface area contributed by atoms with Crippen LogP contribution in [0.5, 0.6) is 5.75 Å². The van der Waals surface area contributed by atoms with Gasteiger partial charge in [0.2, 0.25) is 0 Å². The molecule has 1 aromatic rings. The molecule has 1 rings (SSSR count). The minimum atomic E-state index is -0.932. The molecule has 0 aliphatic heterocycles. The summed E-state index contributed by atoms with van der Waals surface area (Å²) >= 11 is 0. The molecule has 21 heavy (non-hydrogen) atoms. The van der Waals surface area contributed by atoms with Gasteiger partial charge in [0.25, 0.3) is 0 Å². The minimum absolute atomic E-state index is 0.0819. The van der Waals surface area contributed by atoms with Gasteiger partial charge < -0.3 is 20.1 Å². The van der Waals surface area contributed by atoms with Crippen LogP contribution in [0.3, 0.4) is 0 Å². The van der Waals surface area contributed by atoms with Crippen LogP contribution in [0.25, 0.3) is 0 Å². The summed E-state index contributed by atoms with van der Waals surface area (Å²) in [4.78, 5) is 23.7. The molecule has 0 aromatic heterocycles. The lowest BCUT2D eigenvalue weighted by Gasteiger charge is -2.17. The summed E-state index contributed by atoms with van der Waals surface area (Å²) in [5, 5.41) is 11.3. The van der Waals surface area contributed by atoms with Gasteiger partial charge in [0.05, 0.1) is 13.0 Å². The van der Waals surface area contributed by atoms with Gasteiger partial charge in [-0.3, -0.25) is 4.79 Å². The number of hydrogen-bond acceptors (Lipinski definition) is 3. The van der Waals surface area contributed by atoms with Gasteiger partial charge in [-0.05, 0) is 18.1 Å². The van der Waals surface area contributed by atoms with E-state index in [1.54, 1.807) is 25.2 Å². The van der Waals surface area contributed by atoms with Crippen LogP contribution in [-0.4, -0.2) is 42.2 Å². The highest BCUT2D eigenvalue weighted by atomic mass is 16.5. The Morgan fingerprint density at radius 1 is 1.38 bits per heavy atom. The van der Waals surface area contributed by atoms with Gasteiger partial charge in [0.15, 0.2) is 0 Å². The van der Waals surface area contributed by atoms with Crippen molar-refractivity contribution in [3.05, 3.63) is 24.3 Å². The summed E-state index contributed by atoms with van der Waals surface area (Å²) in [5.41, 5.74) is 0.614. The predicted molar refractivity (Wildman–Crippen MR) is 80.7 cm³/mol. The van der Waals surface area contributed by atoms with Gasteiger partial charge in [0.1, 0.15) is 5.75 Å². The zero-order valence-corrected chi connectivity index (χ0v) is 12.6. The number of hydrogen-bond donors (Lipinski definition) is 2. The van der Waals surface area contributed by atoms with Crippen LogP contribution in [0.15, 0.2) is 24.3 Å². The van der Waals surface area contributed by atoms with Crippen molar-refractivity contribution in [3.63, 3.8) is 0 Å². The first-order chi connectivity index (χ1) is 9.88. The summed E-state index contributed by atoms with van der Waals surface area (Å²) in [5.74, 6) is 0.179. The maximum absolute atomic E-state index is 11.9. The predicted octanol–water partition coefficient (Wildman–Crippen LogP) is 2.66. The molecule has 0 saturated carbocycles. The van der Waals surface area contributed by atoms with Gasteiger partial charge in [-0.1, -0.05) is 19.9 Å². The Kier molecular flexibility index (Phi) is 6.52. The first-order valence-electron chi connectivity index (χ1n) is 6.85. The van der Waals surface area contributed by atoms with Crippen molar-refractivity contribution in [2.24, 2.45) is 5.92 Å². The number of rotatable bonds is 7. The molecule has 2 amide bonds. The molecule has 0 unspecified atom stereocenters. The normalized spacial score (nSPS) is 10.3. The molecule has 0 bridgehead atoms. The number of amides is 2. The Hall–Kier alpha value is -2.24. The van der Waals surface area contributed by atoms with Crippen molar-refractivity contribution >= 4 is 17.7 Å². The molecule has 0 spiro atoms. The molecule has 0 radical (unpaired) electrons. The van der Waals surface area contributed by atoms with E-state index in [9.17, 15) is 9.59 Å². The van der Waals surface area contributed by atoms with E-state index < -0.39 is 5.97 Å². The van der Waals surface area contributed by atoms with E-state index in [1.807, 2.05) is 6.07 Å². The van der Waals surface area contributed by atoms with Crippen molar-refractivity contribution in [2.75, 3.05) is 25.5 Å². The fraction of sp³-hybridized carbons (Fsp3) is 0.467. The number of anilines is 1. The molecule has 116 valence electrons. The first-order valence-corrected chi connectivity index (χ1v) is 6.85. The zero-order chi connectivity index (χ0) is 15.8. The summed E-state index contributed by atoms with van der Waals surface area (Å²) in [6.45, 7) is 4.88. The van der Waals surface area contributed by atoms with Crippen LogP contribution in [0.1, 0.15) is 20.3 Å². The third-order valence-corrected chi connectivity index (χ3v) is 2.68. The molecule has 6 nitrogen and oxygen atoms in total. The number of aliphatic carboxylic acids is 1. The number of carboxylic acid groups (broad SMARTS) is 1. The Bertz CT molecular complexity index is 488. The van der Waals surface area contributed by atoms with Crippen LogP contribution in [0, 0.1) is 5.92 Å². The third-order valence-electron chi connectivity index (χ3n) is 2.68. The Morgan fingerprint density at radius 3 is 2.71 bits per heavy atom. The standard InChI is InChI=1S/C15H22N2O4/c1-11(2)10-21-13-6-4-5-12(9-13)16-15(20)17(3)8-7-14(18)19/h4-6,9,11H,7-8,10H2,1-3H3,(H,16,20)(H,18,19). The van der Waals surface area contributed by atoms with E-state index in [1.165, 1.54) is 4.90 Å². The molecule has 0 aliphatic carbocycles. The van der Waals surface area contributed by atoms with E-state index in [0.29, 0.717) is 24.0 Å². The highest BCUT2D eigenvalue weighted by Gasteiger charge is 2.10. The van der Waals surface area contributed by atoms with Crippen molar-refractivity contribution in [2.45, 2.75) is 20.3 Å². The number of nitrogens with zero attached hydrogens (tertiary/aromatic N) is 1. The minimum Gasteiger partial charge on any atom is -0.493 e. The third kappa shape index (κ3) is 6.65. The van der Waals surface area contributed by atoms with E-state index in [0.717, 1.165) is 0 Å². The van der Waals surface area contributed by atoms with Gasteiger partial charge >= 0.3 is 12.0 Å². The molecule has 0 heterocycles. The zero-order valence-electron chi connectivity index (χ0n) is 12.6. The first kappa shape index (κ1) is 16.8. The lowest BCUT2D eigenvalue weighted by atomic mass is 10.2. The maximum Gasteiger partial charge on any atom is 0.321 e. The number of carbonyl (C=O) groups is 2. The second-order valence-corrected chi connectivity index (χ2v) is 5.23. The summed E-state index contributed by atoms with van der Waals surface area (Å²) < 4.78 is 5.59. The van der Waals surface area contributed by atoms with Gasteiger partial charge in [0, 0.05) is 25.3 Å². The van der Waals surface area contributed by atoms with Crippen LogP contribution < -0.4 is 10.1 Å². The molecular weight excluding hydrogens is 272 g/mol. The van der Waals surface area contributed by atoms with Gasteiger partial charge in [-0.15, -0.1) is 0 Å². The summed E-state index contributed by atoms with van der Waals surface area (Å²) in [6, 6.07) is 6.77. The van der Waals surface area contributed by atoms with E-state index in [4.69, 9.17) is 9.84 Å². The van der Waals surface area contributed by atoms with E-state index in [2.05, 4.69) is 19.2 Å². The average molecular weight is 294 g/mol. The quantitative estimate of drug-likeness (QED) is 0.810. The number of carbonyl (C=O) groups excluding carboxylic acids is 1. The lowest BCUT2D eigenvalue weighted by molar-refractivity contribution is -0.137. The van der Waals surface area contributed by atoms with Crippen molar-refractivity contribution < 1.29 is 19.4 Å². The average Bonchev–Trinajstić information content (AvgIpc) is 2.42. The molecule has 6 heteroatoms. The van der Waals surface area contributed by atoms with Gasteiger partial charge in [-0.2, -0.15) is 0 Å². The van der Waals surface area contributed by atoms with Crippen LogP contribution in [0.2, 0.25) is 0 Å². The fourth-order valence-corrected chi connectivity index (χ4v) is 1.51. The smallest absolute Gasteiger partial charge is 0.321 e. The molecule has 2 N–H and O–H groups in total. The number of benzene rings is 1. The topological polar surface area (TPSA) is 78.9 Å². The molecule has 0 fully saturated rings. The Labute approximate surface area is 124 Å². The molecule has 1 aromatic carbocycles. The summed E-state index contributed by atoms with van der Waals surface area (Å²) in [6.07, 6.45) is -0.0819. The SMILES string of the molecule is CC(C)COc1cccc(NC(=O)N(C)CCC(=O)O)c1. The number of nitrogens with one attached hydrogen (secondary N) is 1. The second-order valence-electron chi connectivity index (χ2n) is 5.23.